The van der Waals surface area contributed by atoms with Gasteiger partial charge in [0.05, 0.1) is 6.54 Å². The van der Waals surface area contributed by atoms with Crippen LogP contribution in [0.25, 0.3) is 0 Å². The van der Waals surface area contributed by atoms with Crippen LogP contribution < -0.4 is 10.6 Å². The van der Waals surface area contributed by atoms with E-state index >= 15 is 0 Å². The third kappa shape index (κ3) is 4.33. The molecular weight excluding hydrogens is 391 g/mol. The fraction of sp³-hybridized carbons (Fsp3) is 0.800. The summed E-state index contributed by atoms with van der Waals surface area (Å²) in [7, 11) is 1.83. The van der Waals surface area contributed by atoms with E-state index < -0.39 is 0 Å². The van der Waals surface area contributed by atoms with Crippen molar-refractivity contribution in [2.45, 2.75) is 70.5 Å². The summed E-state index contributed by atoms with van der Waals surface area (Å²) in [5.41, 5.74) is 0. The van der Waals surface area contributed by atoms with Crippen LogP contribution in [-0.2, 0) is 19.5 Å². The molecule has 1 saturated carbocycles. The van der Waals surface area contributed by atoms with Crippen LogP contribution in [0.15, 0.2) is 4.99 Å². The monoisotopic (exact) mass is 418 g/mol. The summed E-state index contributed by atoms with van der Waals surface area (Å²) < 4.78 is 2.28. The van der Waals surface area contributed by atoms with Crippen molar-refractivity contribution in [3.8, 4) is 0 Å². The molecule has 7 heteroatoms. The van der Waals surface area contributed by atoms with Crippen LogP contribution in [0.2, 0.25) is 0 Å². The number of hydrogen-bond donors (Lipinski definition) is 2. The molecule has 0 unspecified atom stereocenters. The maximum atomic E-state index is 4.35. The van der Waals surface area contributed by atoms with Crippen molar-refractivity contribution in [1.82, 2.24) is 25.4 Å². The topological polar surface area (TPSA) is 67.1 Å². The van der Waals surface area contributed by atoms with E-state index in [0.29, 0.717) is 12.6 Å². The summed E-state index contributed by atoms with van der Waals surface area (Å²) in [5.74, 6) is 3.05. The fourth-order valence-corrected chi connectivity index (χ4v) is 3.30. The molecule has 1 aromatic heterocycles. The summed E-state index contributed by atoms with van der Waals surface area (Å²) in [6.45, 7) is 1.74. The Kier molecular flexibility index (Phi) is 6.91. The van der Waals surface area contributed by atoms with Gasteiger partial charge in [-0.15, -0.1) is 34.2 Å². The zero-order valence-corrected chi connectivity index (χ0v) is 15.7. The molecule has 6 nitrogen and oxygen atoms in total. The number of fused-ring (bicyclic) bond motifs is 1. The molecule has 3 rings (SSSR count). The quantitative estimate of drug-likeness (QED) is 0.449. The van der Waals surface area contributed by atoms with Gasteiger partial charge in [-0.05, 0) is 25.7 Å². The van der Waals surface area contributed by atoms with Crippen LogP contribution in [-0.4, -0.2) is 33.8 Å². The number of guanidine groups is 1. The first kappa shape index (κ1) is 17.5. The Labute approximate surface area is 149 Å². The van der Waals surface area contributed by atoms with E-state index in [1.807, 2.05) is 7.05 Å². The van der Waals surface area contributed by atoms with Gasteiger partial charge in [-0.1, -0.05) is 19.3 Å². The number of halogens is 1. The highest BCUT2D eigenvalue weighted by Gasteiger charge is 2.17. The average molecular weight is 418 g/mol. The molecular formula is C15H27IN6. The van der Waals surface area contributed by atoms with E-state index in [1.165, 1.54) is 44.9 Å². The molecule has 1 aliphatic carbocycles. The third-order valence-electron chi connectivity index (χ3n) is 4.52. The lowest BCUT2D eigenvalue weighted by Crippen LogP contribution is -2.42. The van der Waals surface area contributed by atoms with Crippen molar-refractivity contribution >= 4 is 29.9 Å². The summed E-state index contributed by atoms with van der Waals surface area (Å²) in [6, 6.07) is 0.576. The van der Waals surface area contributed by atoms with Gasteiger partial charge in [-0.25, -0.2) is 0 Å². The molecule has 2 aliphatic rings. The number of hydrogen-bond acceptors (Lipinski definition) is 3. The second kappa shape index (κ2) is 8.69. The van der Waals surface area contributed by atoms with Crippen LogP contribution in [0.3, 0.4) is 0 Å². The lowest BCUT2D eigenvalue weighted by Gasteiger charge is -2.17. The van der Waals surface area contributed by atoms with Gasteiger partial charge in [-0.2, -0.15) is 0 Å². The van der Waals surface area contributed by atoms with Crippen LogP contribution in [0.5, 0.6) is 0 Å². The first-order valence-corrected chi connectivity index (χ1v) is 8.25. The number of nitrogens with zero attached hydrogens (tertiary/aromatic N) is 4. The van der Waals surface area contributed by atoms with Crippen molar-refractivity contribution < 1.29 is 0 Å². The Morgan fingerprint density at radius 3 is 2.77 bits per heavy atom. The molecule has 1 aliphatic heterocycles. The number of rotatable bonds is 3. The minimum atomic E-state index is 0. The van der Waals surface area contributed by atoms with Crippen molar-refractivity contribution in [3.63, 3.8) is 0 Å². The predicted molar refractivity (Wildman–Crippen MR) is 98.6 cm³/mol. The number of aryl methyl sites for hydroxylation is 1. The van der Waals surface area contributed by atoms with Crippen LogP contribution >= 0.6 is 24.0 Å². The zero-order chi connectivity index (χ0) is 14.5. The molecule has 2 heterocycles. The van der Waals surface area contributed by atoms with E-state index in [4.69, 9.17) is 0 Å². The van der Waals surface area contributed by atoms with Crippen LogP contribution in [0.4, 0.5) is 0 Å². The van der Waals surface area contributed by atoms with Gasteiger partial charge in [0, 0.05) is 26.1 Å². The smallest absolute Gasteiger partial charge is 0.191 e. The van der Waals surface area contributed by atoms with E-state index in [2.05, 4.69) is 30.4 Å². The Bertz CT molecular complexity index is 492. The first-order valence-electron chi connectivity index (χ1n) is 8.25. The minimum absolute atomic E-state index is 0. The highest BCUT2D eigenvalue weighted by atomic mass is 127. The van der Waals surface area contributed by atoms with Gasteiger partial charge in [0.2, 0.25) is 0 Å². The second-order valence-corrected chi connectivity index (χ2v) is 6.05. The van der Waals surface area contributed by atoms with Crippen molar-refractivity contribution in [3.05, 3.63) is 11.6 Å². The lowest BCUT2D eigenvalue weighted by molar-refractivity contribution is 0.585. The Balaban J connectivity index is 0.00000176. The molecule has 0 atom stereocenters. The van der Waals surface area contributed by atoms with Gasteiger partial charge in [0.15, 0.2) is 11.8 Å². The number of nitrogens with one attached hydrogen (secondary N) is 2. The predicted octanol–water partition coefficient (Wildman–Crippen LogP) is 2.23. The number of aromatic nitrogens is 3. The van der Waals surface area contributed by atoms with Crippen molar-refractivity contribution in [2.24, 2.45) is 4.99 Å². The summed E-state index contributed by atoms with van der Waals surface area (Å²) in [4.78, 5) is 4.32. The van der Waals surface area contributed by atoms with Gasteiger partial charge >= 0.3 is 0 Å². The molecule has 0 saturated heterocycles. The molecule has 22 heavy (non-hydrogen) atoms. The largest absolute Gasteiger partial charge is 0.354 e. The van der Waals surface area contributed by atoms with Crippen molar-refractivity contribution in [1.29, 1.82) is 0 Å². The molecule has 0 aromatic carbocycles. The standard InChI is InChI=1S/C15H26N6.HI/c1-16-15(18-12-7-4-5-8-12)17-11-14-20-19-13-9-3-2-6-10-21(13)14;/h12H,2-11H2,1H3,(H2,16,17,18);1H. The van der Waals surface area contributed by atoms with Gasteiger partial charge in [0.1, 0.15) is 5.82 Å². The zero-order valence-electron chi connectivity index (χ0n) is 13.3. The molecule has 0 amide bonds. The van der Waals surface area contributed by atoms with Gasteiger partial charge in [0.25, 0.3) is 0 Å². The normalized spacial score (nSPS) is 19.2. The SMILES string of the molecule is CN=C(NCc1nnc2n1CCCCC2)NC1CCCC1.I. The van der Waals surface area contributed by atoms with E-state index in [1.54, 1.807) is 0 Å². The molecule has 124 valence electrons. The first-order chi connectivity index (χ1) is 10.4. The van der Waals surface area contributed by atoms with E-state index in [9.17, 15) is 0 Å². The summed E-state index contributed by atoms with van der Waals surface area (Å²) >= 11 is 0. The van der Waals surface area contributed by atoms with Crippen LogP contribution in [0.1, 0.15) is 56.6 Å². The van der Waals surface area contributed by atoms with E-state index in [-0.39, 0.29) is 24.0 Å². The highest BCUT2D eigenvalue weighted by Crippen LogP contribution is 2.17. The molecule has 1 fully saturated rings. The molecule has 1 aromatic rings. The lowest BCUT2D eigenvalue weighted by atomic mass is 10.2. The fourth-order valence-electron chi connectivity index (χ4n) is 3.30. The maximum absolute atomic E-state index is 4.35. The van der Waals surface area contributed by atoms with Gasteiger partial charge in [-0.3, -0.25) is 4.99 Å². The minimum Gasteiger partial charge on any atom is -0.354 e. The van der Waals surface area contributed by atoms with Crippen LogP contribution in [0, 0.1) is 0 Å². The molecule has 2 N–H and O–H groups in total. The number of aliphatic imine (C=N–C) groups is 1. The van der Waals surface area contributed by atoms with E-state index in [0.717, 1.165) is 30.6 Å². The molecule has 0 spiro atoms. The average Bonchev–Trinajstić information content (AvgIpc) is 3.08. The maximum Gasteiger partial charge on any atom is 0.191 e. The molecule has 0 radical (unpaired) electrons. The molecule has 0 bridgehead atoms. The summed E-state index contributed by atoms with van der Waals surface area (Å²) in [5, 5.41) is 15.6. The highest BCUT2D eigenvalue weighted by molar-refractivity contribution is 14.0. The third-order valence-corrected chi connectivity index (χ3v) is 4.52. The van der Waals surface area contributed by atoms with Crippen molar-refractivity contribution in [2.75, 3.05) is 7.05 Å². The Morgan fingerprint density at radius 1 is 1.18 bits per heavy atom. The second-order valence-electron chi connectivity index (χ2n) is 6.05. The Morgan fingerprint density at radius 2 is 2.00 bits per heavy atom. The van der Waals surface area contributed by atoms with Gasteiger partial charge < -0.3 is 15.2 Å². The summed E-state index contributed by atoms with van der Waals surface area (Å²) in [6.07, 6.45) is 9.97. The Hall–Kier alpha value is -0.860.